The molecule has 164 valence electrons. The van der Waals surface area contributed by atoms with Crippen molar-refractivity contribution in [1.82, 2.24) is 0 Å². The first-order valence-electron chi connectivity index (χ1n) is 10.4. The molecular weight excluding hydrogens is 394 g/mol. The first-order valence-corrected chi connectivity index (χ1v) is 10.4. The van der Waals surface area contributed by atoms with E-state index in [2.05, 4.69) is 0 Å². The highest BCUT2D eigenvalue weighted by atomic mass is 16.5. The molecule has 1 N–H and O–H groups in total. The fourth-order valence-electron chi connectivity index (χ4n) is 3.72. The van der Waals surface area contributed by atoms with Crippen LogP contribution < -0.4 is 14.4 Å². The SMILES string of the molecule is COc1cccc(C2C(C(=O)CC(C)C)=C(O)C(=O)N2c2ccc(OC(C)C)cc2)c1. The standard InChI is InChI=1S/C25H29NO5/c1-15(2)13-21(27)22-23(17-7-6-8-20(14-17)30-5)26(25(29)24(22)28)18-9-11-19(12-10-18)31-16(3)4/h6-12,14-16,23,28H,13H2,1-5H3. The van der Waals surface area contributed by atoms with Gasteiger partial charge in [-0.2, -0.15) is 0 Å². The van der Waals surface area contributed by atoms with E-state index in [1.807, 2.05) is 33.8 Å². The van der Waals surface area contributed by atoms with Crippen molar-refractivity contribution in [2.45, 2.75) is 46.3 Å². The summed E-state index contributed by atoms with van der Waals surface area (Å²) in [5.74, 6) is 0.0361. The van der Waals surface area contributed by atoms with E-state index >= 15 is 0 Å². The lowest BCUT2D eigenvalue weighted by Gasteiger charge is -2.27. The number of carbonyl (C=O) groups is 2. The van der Waals surface area contributed by atoms with Crippen LogP contribution in [0.1, 0.15) is 45.7 Å². The van der Waals surface area contributed by atoms with E-state index < -0.39 is 17.7 Å². The number of amides is 1. The molecule has 1 unspecified atom stereocenters. The van der Waals surface area contributed by atoms with Crippen LogP contribution in [0.2, 0.25) is 0 Å². The van der Waals surface area contributed by atoms with Gasteiger partial charge in [0, 0.05) is 12.1 Å². The van der Waals surface area contributed by atoms with E-state index in [9.17, 15) is 14.7 Å². The number of Topliss-reactive ketones (excluding diaryl/α,β-unsaturated/α-hetero) is 1. The van der Waals surface area contributed by atoms with Gasteiger partial charge in [-0.1, -0.05) is 26.0 Å². The number of carbonyl (C=O) groups excluding carboxylic acids is 2. The number of ether oxygens (including phenoxy) is 2. The third-order valence-electron chi connectivity index (χ3n) is 5.00. The van der Waals surface area contributed by atoms with Crippen molar-refractivity contribution < 1.29 is 24.2 Å². The van der Waals surface area contributed by atoms with Crippen LogP contribution in [0.3, 0.4) is 0 Å². The topological polar surface area (TPSA) is 76.1 Å². The molecule has 2 aromatic rings. The van der Waals surface area contributed by atoms with Crippen LogP contribution in [-0.2, 0) is 9.59 Å². The lowest BCUT2D eigenvalue weighted by molar-refractivity contribution is -0.118. The average Bonchev–Trinajstić information content (AvgIpc) is 2.99. The Balaban J connectivity index is 2.09. The number of hydrogen-bond donors (Lipinski definition) is 1. The van der Waals surface area contributed by atoms with Gasteiger partial charge < -0.3 is 14.6 Å². The molecule has 1 aliphatic rings. The van der Waals surface area contributed by atoms with Gasteiger partial charge in [-0.15, -0.1) is 0 Å². The molecule has 0 aliphatic carbocycles. The molecule has 0 saturated carbocycles. The average molecular weight is 424 g/mol. The molecule has 31 heavy (non-hydrogen) atoms. The predicted molar refractivity (Wildman–Crippen MR) is 120 cm³/mol. The van der Waals surface area contributed by atoms with E-state index in [-0.39, 0.29) is 29.8 Å². The summed E-state index contributed by atoms with van der Waals surface area (Å²) in [5, 5.41) is 10.7. The largest absolute Gasteiger partial charge is 0.503 e. The summed E-state index contributed by atoms with van der Waals surface area (Å²) >= 11 is 0. The van der Waals surface area contributed by atoms with Crippen molar-refractivity contribution >= 4 is 17.4 Å². The normalized spacial score (nSPS) is 16.4. The minimum atomic E-state index is -0.745. The second-order valence-electron chi connectivity index (χ2n) is 8.30. The van der Waals surface area contributed by atoms with Crippen molar-refractivity contribution in [1.29, 1.82) is 0 Å². The van der Waals surface area contributed by atoms with Crippen LogP contribution in [0.25, 0.3) is 0 Å². The molecule has 0 aromatic heterocycles. The van der Waals surface area contributed by atoms with Gasteiger partial charge in [0.15, 0.2) is 11.5 Å². The fraction of sp³-hybridized carbons (Fsp3) is 0.360. The Kier molecular flexibility index (Phi) is 6.68. The highest BCUT2D eigenvalue weighted by Crippen LogP contribution is 2.42. The summed E-state index contributed by atoms with van der Waals surface area (Å²) in [6, 6.07) is 13.5. The highest BCUT2D eigenvalue weighted by molar-refractivity contribution is 6.16. The van der Waals surface area contributed by atoms with E-state index in [1.165, 1.54) is 4.90 Å². The molecule has 1 heterocycles. The van der Waals surface area contributed by atoms with Gasteiger partial charge >= 0.3 is 0 Å². The van der Waals surface area contributed by atoms with Crippen LogP contribution in [0.15, 0.2) is 59.9 Å². The molecule has 0 spiro atoms. The number of hydrogen-bond acceptors (Lipinski definition) is 5. The molecule has 1 atom stereocenters. The summed E-state index contributed by atoms with van der Waals surface area (Å²) in [5.41, 5.74) is 1.37. The summed E-state index contributed by atoms with van der Waals surface area (Å²) in [6.07, 6.45) is 0.261. The third kappa shape index (κ3) is 4.74. The quantitative estimate of drug-likeness (QED) is 0.647. The Bertz CT molecular complexity index is 991. The minimum absolute atomic E-state index is 0.0229. The Labute approximate surface area is 183 Å². The lowest BCUT2D eigenvalue weighted by Crippen LogP contribution is -2.31. The molecule has 6 nitrogen and oxygen atoms in total. The molecule has 6 heteroatoms. The van der Waals surface area contributed by atoms with E-state index in [4.69, 9.17) is 9.47 Å². The van der Waals surface area contributed by atoms with Crippen LogP contribution in [0.5, 0.6) is 11.5 Å². The van der Waals surface area contributed by atoms with Crippen LogP contribution in [-0.4, -0.2) is 30.0 Å². The van der Waals surface area contributed by atoms with E-state index in [1.54, 1.807) is 49.6 Å². The summed E-state index contributed by atoms with van der Waals surface area (Å²) < 4.78 is 11.0. The number of aliphatic hydroxyl groups excluding tert-OH is 1. The second kappa shape index (κ2) is 9.25. The maximum Gasteiger partial charge on any atom is 0.294 e. The molecule has 2 aromatic carbocycles. The monoisotopic (exact) mass is 423 g/mol. The summed E-state index contributed by atoms with van der Waals surface area (Å²) in [6.45, 7) is 7.73. The van der Waals surface area contributed by atoms with E-state index in [0.29, 0.717) is 22.7 Å². The maximum absolute atomic E-state index is 13.1. The van der Waals surface area contributed by atoms with Crippen LogP contribution in [0, 0.1) is 5.92 Å². The Morgan fingerprint density at radius 1 is 1.06 bits per heavy atom. The Hall–Kier alpha value is -3.28. The number of rotatable bonds is 8. The van der Waals surface area contributed by atoms with Gasteiger partial charge in [0.2, 0.25) is 0 Å². The number of aliphatic hydroxyl groups is 1. The van der Waals surface area contributed by atoms with Crippen molar-refractivity contribution in [2.24, 2.45) is 5.92 Å². The molecule has 3 rings (SSSR count). The first-order chi connectivity index (χ1) is 14.7. The van der Waals surface area contributed by atoms with Gasteiger partial charge in [0.1, 0.15) is 11.5 Å². The van der Waals surface area contributed by atoms with Crippen molar-refractivity contribution in [3.63, 3.8) is 0 Å². The minimum Gasteiger partial charge on any atom is -0.503 e. The summed E-state index contributed by atoms with van der Waals surface area (Å²) in [7, 11) is 1.56. The van der Waals surface area contributed by atoms with Crippen molar-refractivity contribution in [3.05, 3.63) is 65.4 Å². The number of nitrogens with zero attached hydrogens (tertiary/aromatic N) is 1. The van der Waals surface area contributed by atoms with Gasteiger partial charge in [0.05, 0.1) is 24.8 Å². The van der Waals surface area contributed by atoms with Gasteiger partial charge in [-0.25, -0.2) is 0 Å². The number of benzene rings is 2. The predicted octanol–water partition coefficient (Wildman–Crippen LogP) is 5.00. The summed E-state index contributed by atoms with van der Waals surface area (Å²) in [4.78, 5) is 27.6. The van der Waals surface area contributed by atoms with Gasteiger partial charge in [-0.05, 0) is 61.7 Å². The van der Waals surface area contributed by atoms with Gasteiger partial charge in [-0.3, -0.25) is 14.5 Å². The smallest absolute Gasteiger partial charge is 0.294 e. The lowest BCUT2D eigenvalue weighted by atomic mass is 9.92. The molecule has 0 radical (unpaired) electrons. The van der Waals surface area contributed by atoms with Crippen molar-refractivity contribution in [3.8, 4) is 11.5 Å². The molecule has 0 bridgehead atoms. The van der Waals surface area contributed by atoms with Gasteiger partial charge in [0.25, 0.3) is 5.91 Å². The Morgan fingerprint density at radius 3 is 2.32 bits per heavy atom. The van der Waals surface area contributed by atoms with Crippen LogP contribution in [0.4, 0.5) is 5.69 Å². The molecule has 1 amide bonds. The van der Waals surface area contributed by atoms with Crippen LogP contribution >= 0.6 is 0 Å². The number of anilines is 1. The molecule has 0 saturated heterocycles. The maximum atomic E-state index is 13.1. The molecule has 1 aliphatic heterocycles. The molecular formula is C25H29NO5. The number of methoxy groups -OCH3 is 1. The zero-order chi connectivity index (χ0) is 22.7. The second-order valence-corrected chi connectivity index (χ2v) is 8.30. The van der Waals surface area contributed by atoms with Crippen molar-refractivity contribution in [2.75, 3.05) is 12.0 Å². The Morgan fingerprint density at radius 2 is 1.74 bits per heavy atom. The fourth-order valence-corrected chi connectivity index (χ4v) is 3.72. The molecule has 0 fully saturated rings. The number of ketones is 1. The zero-order valence-electron chi connectivity index (χ0n) is 18.6. The van der Waals surface area contributed by atoms with E-state index in [0.717, 1.165) is 0 Å². The zero-order valence-corrected chi connectivity index (χ0v) is 18.6. The third-order valence-corrected chi connectivity index (χ3v) is 5.00. The highest BCUT2D eigenvalue weighted by Gasteiger charge is 2.44. The first kappa shape index (κ1) is 22.4.